The minimum atomic E-state index is -0.0850. The summed E-state index contributed by atoms with van der Waals surface area (Å²) in [6.07, 6.45) is 11.9. The summed E-state index contributed by atoms with van der Waals surface area (Å²) < 4.78 is 0. The first-order chi connectivity index (χ1) is 11.1. The van der Waals surface area contributed by atoms with Crippen molar-refractivity contribution in [2.75, 3.05) is 6.54 Å². The van der Waals surface area contributed by atoms with Crippen LogP contribution in [0.4, 0.5) is 4.79 Å². The van der Waals surface area contributed by atoms with E-state index in [4.69, 9.17) is 0 Å². The van der Waals surface area contributed by atoms with Crippen molar-refractivity contribution in [2.24, 2.45) is 5.92 Å². The van der Waals surface area contributed by atoms with Gasteiger partial charge < -0.3 is 16.0 Å². The molecule has 23 heavy (non-hydrogen) atoms. The third-order valence-electron chi connectivity index (χ3n) is 5.26. The zero-order valence-electron chi connectivity index (χ0n) is 14.5. The lowest BCUT2D eigenvalue weighted by Gasteiger charge is -2.29. The summed E-state index contributed by atoms with van der Waals surface area (Å²) in [5.74, 6) is 0.713. The van der Waals surface area contributed by atoms with Gasteiger partial charge in [-0.3, -0.25) is 4.79 Å². The van der Waals surface area contributed by atoms with Gasteiger partial charge in [0.15, 0.2) is 0 Å². The second-order valence-electron chi connectivity index (χ2n) is 7.27. The van der Waals surface area contributed by atoms with Crippen molar-refractivity contribution in [3.63, 3.8) is 0 Å². The smallest absolute Gasteiger partial charge is 0.315 e. The van der Waals surface area contributed by atoms with Gasteiger partial charge >= 0.3 is 6.03 Å². The molecule has 0 aromatic heterocycles. The Kier molecular flexibility index (Phi) is 7.69. The van der Waals surface area contributed by atoms with Crippen molar-refractivity contribution in [1.29, 1.82) is 0 Å². The molecule has 0 aliphatic heterocycles. The normalized spacial score (nSPS) is 25.6. The average molecular weight is 323 g/mol. The van der Waals surface area contributed by atoms with E-state index < -0.39 is 0 Å². The van der Waals surface area contributed by atoms with Gasteiger partial charge in [0.25, 0.3) is 0 Å². The lowest BCUT2D eigenvalue weighted by Crippen LogP contribution is -2.43. The summed E-state index contributed by atoms with van der Waals surface area (Å²) in [4.78, 5) is 23.8. The second-order valence-corrected chi connectivity index (χ2v) is 7.27. The van der Waals surface area contributed by atoms with Gasteiger partial charge in [-0.15, -0.1) is 0 Å². The number of amides is 3. The van der Waals surface area contributed by atoms with E-state index in [1.54, 1.807) is 0 Å². The molecule has 3 N–H and O–H groups in total. The molecule has 3 amide bonds. The zero-order chi connectivity index (χ0) is 16.5. The quantitative estimate of drug-likeness (QED) is 0.657. The molecule has 2 atom stereocenters. The molecule has 5 nitrogen and oxygen atoms in total. The fourth-order valence-corrected chi connectivity index (χ4v) is 3.74. The maximum absolute atomic E-state index is 12.0. The topological polar surface area (TPSA) is 70.2 Å². The summed E-state index contributed by atoms with van der Waals surface area (Å²) >= 11 is 0. The van der Waals surface area contributed by atoms with Crippen LogP contribution in [0.2, 0.25) is 0 Å². The molecule has 0 aromatic carbocycles. The van der Waals surface area contributed by atoms with Gasteiger partial charge in [-0.05, 0) is 38.0 Å². The molecule has 2 saturated carbocycles. The number of hydrogen-bond acceptors (Lipinski definition) is 2. The van der Waals surface area contributed by atoms with E-state index in [9.17, 15) is 9.59 Å². The lowest BCUT2D eigenvalue weighted by molar-refractivity contribution is -0.122. The van der Waals surface area contributed by atoms with Gasteiger partial charge in [-0.1, -0.05) is 39.0 Å². The van der Waals surface area contributed by atoms with Crippen molar-refractivity contribution in [3.8, 4) is 0 Å². The maximum Gasteiger partial charge on any atom is 0.315 e. The van der Waals surface area contributed by atoms with Gasteiger partial charge in [0.05, 0.1) is 0 Å². The molecule has 0 radical (unpaired) electrons. The van der Waals surface area contributed by atoms with Crippen LogP contribution in [-0.4, -0.2) is 30.6 Å². The third kappa shape index (κ3) is 6.80. The van der Waals surface area contributed by atoms with E-state index in [0.717, 1.165) is 19.3 Å². The predicted molar refractivity (Wildman–Crippen MR) is 92.2 cm³/mol. The highest BCUT2D eigenvalue weighted by atomic mass is 16.2. The molecule has 0 aromatic rings. The molecule has 2 aliphatic rings. The largest absolute Gasteiger partial charge is 0.353 e. The Bertz CT molecular complexity index is 380. The van der Waals surface area contributed by atoms with Crippen LogP contribution < -0.4 is 16.0 Å². The Morgan fingerprint density at radius 3 is 2.35 bits per heavy atom. The summed E-state index contributed by atoms with van der Waals surface area (Å²) in [5, 5.41) is 9.05. The first-order valence-electron chi connectivity index (χ1n) is 9.49. The Morgan fingerprint density at radius 1 is 0.913 bits per heavy atom. The Hall–Kier alpha value is -1.26. The highest BCUT2D eigenvalue weighted by molar-refractivity contribution is 5.76. The Labute approximate surface area is 140 Å². The van der Waals surface area contributed by atoms with Crippen LogP contribution in [-0.2, 0) is 4.79 Å². The monoisotopic (exact) mass is 323 g/mol. The molecule has 2 unspecified atom stereocenters. The fraction of sp³-hybridized carbons (Fsp3) is 0.889. The van der Waals surface area contributed by atoms with E-state index in [1.807, 2.05) is 0 Å². The average Bonchev–Trinajstić information content (AvgIpc) is 2.55. The first-order valence-corrected chi connectivity index (χ1v) is 9.49. The van der Waals surface area contributed by atoms with Gasteiger partial charge in [-0.2, -0.15) is 0 Å². The molecule has 2 rings (SSSR count). The Balaban J connectivity index is 1.52. The van der Waals surface area contributed by atoms with E-state index in [1.165, 1.54) is 38.5 Å². The minimum Gasteiger partial charge on any atom is -0.353 e. The molecule has 0 heterocycles. The summed E-state index contributed by atoms with van der Waals surface area (Å²) in [5.41, 5.74) is 0. The van der Waals surface area contributed by atoms with Gasteiger partial charge in [-0.25, -0.2) is 4.79 Å². The fourth-order valence-electron chi connectivity index (χ4n) is 3.74. The van der Waals surface area contributed by atoms with Crippen LogP contribution in [0.15, 0.2) is 0 Å². The molecule has 0 saturated heterocycles. The minimum absolute atomic E-state index is 0.0850. The van der Waals surface area contributed by atoms with Crippen molar-refractivity contribution >= 4 is 11.9 Å². The number of hydrogen-bond donors (Lipinski definition) is 3. The zero-order valence-corrected chi connectivity index (χ0v) is 14.5. The van der Waals surface area contributed by atoms with Crippen LogP contribution in [0.5, 0.6) is 0 Å². The summed E-state index contributed by atoms with van der Waals surface area (Å²) in [6, 6.07) is 0.594. The summed E-state index contributed by atoms with van der Waals surface area (Å²) in [6.45, 7) is 2.79. The van der Waals surface area contributed by atoms with E-state index >= 15 is 0 Å². The summed E-state index contributed by atoms with van der Waals surface area (Å²) in [7, 11) is 0. The molecule has 132 valence electrons. The van der Waals surface area contributed by atoms with Gasteiger partial charge in [0, 0.05) is 25.0 Å². The lowest BCUT2D eigenvalue weighted by atomic mass is 9.86. The standard InChI is InChI=1S/C18H33N3O2/c1-14-8-5-6-11-16(14)21-17(22)12-7-13-19-18(23)20-15-9-3-2-4-10-15/h14-16H,2-13H2,1H3,(H,21,22)(H2,19,20,23). The first kappa shape index (κ1) is 18.1. The van der Waals surface area contributed by atoms with Crippen LogP contribution in [0.3, 0.4) is 0 Å². The second kappa shape index (κ2) is 9.78. The molecular formula is C18H33N3O2. The van der Waals surface area contributed by atoms with Crippen molar-refractivity contribution in [1.82, 2.24) is 16.0 Å². The highest BCUT2D eigenvalue weighted by Crippen LogP contribution is 2.23. The van der Waals surface area contributed by atoms with Crippen LogP contribution >= 0.6 is 0 Å². The molecule has 0 spiro atoms. The van der Waals surface area contributed by atoms with Crippen LogP contribution in [0.1, 0.15) is 77.6 Å². The molecule has 2 fully saturated rings. The third-order valence-corrected chi connectivity index (χ3v) is 5.26. The molecular weight excluding hydrogens is 290 g/mol. The number of carbonyl (C=O) groups excluding carboxylic acids is 2. The van der Waals surface area contributed by atoms with Crippen molar-refractivity contribution in [3.05, 3.63) is 0 Å². The SMILES string of the molecule is CC1CCCCC1NC(=O)CCCNC(=O)NC1CCCCC1. The number of carbonyl (C=O) groups is 2. The highest BCUT2D eigenvalue weighted by Gasteiger charge is 2.22. The van der Waals surface area contributed by atoms with Crippen molar-refractivity contribution in [2.45, 2.75) is 89.6 Å². The number of urea groups is 1. The molecule has 5 heteroatoms. The van der Waals surface area contributed by atoms with E-state index in [0.29, 0.717) is 37.4 Å². The van der Waals surface area contributed by atoms with E-state index in [2.05, 4.69) is 22.9 Å². The predicted octanol–water partition coefficient (Wildman–Crippen LogP) is 3.09. The van der Waals surface area contributed by atoms with Crippen LogP contribution in [0.25, 0.3) is 0 Å². The Morgan fingerprint density at radius 2 is 1.61 bits per heavy atom. The number of rotatable bonds is 6. The van der Waals surface area contributed by atoms with E-state index in [-0.39, 0.29) is 11.9 Å². The number of nitrogens with one attached hydrogen (secondary N) is 3. The van der Waals surface area contributed by atoms with Crippen molar-refractivity contribution < 1.29 is 9.59 Å². The van der Waals surface area contributed by atoms with Crippen LogP contribution in [0, 0.1) is 5.92 Å². The van der Waals surface area contributed by atoms with Gasteiger partial charge in [0.2, 0.25) is 5.91 Å². The maximum atomic E-state index is 12.0. The molecule has 2 aliphatic carbocycles. The molecule has 0 bridgehead atoms. The van der Waals surface area contributed by atoms with Gasteiger partial charge in [0.1, 0.15) is 0 Å².